The maximum atomic E-state index is 10.8. The maximum absolute atomic E-state index is 10.8. The van der Waals surface area contributed by atoms with Crippen LogP contribution in [0.3, 0.4) is 0 Å². The van der Waals surface area contributed by atoms with Crippen molar-refractivity contribution < 1.29 is 4.79 Å². The summed E-state index contributed by atoms with van der Waals surface area (Å²) in [6, 6.07) is 0. The molecule has 0 unspecified atom stereocenters. The van der Waals surface area contributed by atoms with E-state index >= 15 is 0 Å². The van der Waals surface area contributed by atoms with Crippen LogP contribution in [0.1, 0.15) is 16.1 Å². The standard InChI is InChI=1S/C10H16N4O/c1-13-6-9(8-15)10(12-13)7-14-4-2-11-3-5-14/h6,8,11H,2-5,7H2,1H3. The van der Waals surface area contributed by atoms with Gasteiger partial charge >= 0.3 is 0 Å². The summed E-state index contributed by atoms with van der Waals surface area (Å²) in [5.41, 5.74) is 1.59. The lowest BCUT2D eigenvalue weighted by atomic mass is 10.2. The molecule has 5 heteroatoms. The van der Waals surface area contributed by atoms with E-state index in [9.17, 15) is 4.79 Å². The number of hydrogen-bond acceptors (Lipinski definition) is 4. The lowest BCUT2D eigenvalue weighted by Crippen LogP contribution is -2.43. The molecule has 82 valence electrons. The Kier molecular flexibility index (Phi) is 3.13. The highest BCUT2D eigenvalue weighted by Gasteiger charge is 2.14. The van der Waals surface area contributed by atoms with E-state index < -0.39 is 0 Å². The van der Waals surface area contributed by atoms with E-state index in [0.717, 1.165) is 44.7 Å². The minimum Gasteiger partial charge on any atom is -0.314 e. The Balaban J connectivity index is 2.05. The molecule has 0 spiro atoms. The molecular weight excluding hydrogens is 192 g/mol. The van der Waals surface area contributed by atoms with Crippen molar-refractivity contribution >= 4 is 6.29 Å². The van der Waals surface area contributed by atoms with Crippen molar-refractivity contribution in [2.24, 2.45) is 7.05 Å². The molecule has 1 aromatic rings. The van der Waals surface area contributed by atoms with E-state index in [1.165, 1.54) is 0 Å². The molecule has 0 radical (unpaired) electrons. The number of carbonyl (C=O) groups excluding carboxylic acids is 1. The molecule has 2 rings (SSSR count). The monoisotopic (exact) mass is 208 g/mol. The number of nitrogens with one attached hydrogen (secondary N) is 1. The number of aromatic nitrogens is 2. The summed E-state index contributed by atoms with van der Waals surface area (Å²) in [6.07, 6.45) is 2.65. The first kappa shape index (κ1) is 10.3. The Morgan fingerprint density at radius 1 is 1.53 bits per heavy atom. The summed E-state index contributed by atoms with van der Waals surface area (Å²) < 4.78 is 1.70. The number of piperazine rings is 1. The molecule has 0 aromatic carbocycles. The van der Waals surface area contributed by atoms with Crippen LogP contribution in [-0.4, -0.2) is 47.1 Å². The lowest BCUT2D eigenvalue weighted by molar-refractivity contribution is 0.112. The molecule has 15 heavy (non-hydrogen) atoms. The molecule has 0 saturated carbocycles. The SMILES string of the molecule is Cn1cc(C=O)c(CN2CCNCC2)n1. The van der Waals surface area contributed by atoms with Crippen molar-refractivity contribution in [3.63, 3.8) is 0 Å². The number of nitrogens with zero attached hydrogens (tertiary/aromatic N) is 3. The summed E-state index contributed by atoms with van der Waals surface area (Å²) in [6.45, 7) is 4.85. The van der Waals surface area contributed by atoms with Crippen molar-refractivity contribution in [2.45, 2.75) is 6.54 Å². The summed E-state index contributed by atoms with van der Waals surface area (Å²) in [4.78, 5) is 13.1. The highest BCUT2D eigenvalue weighted by molar-refractivity contribution is 5.75. The summed E-state index contributed by atoms with van der Waals surface area (Å²) in [5, 5.41) is 7.60. The van der Waals surface area contributed by atoms with Crippen LogP contribution < -0.4 is 5.32 Å². The predicted molar refractivity (Wildman–Crippen MR) is 56.7 cm³/mol. The van der Waals surface area contributed by atoms with Gasteiger partial charge in [-0.15, -0.1) is 0 Å². The molecule has 1 aliphatic heterocycles. The molecule has 0 atom stereocenters. The van der Waals surface area contributed by atoms with E-state index in [1.807, 2.05) is 7.05 Å². The van der Waals surface area contributed by atoms with Crippen molar-refractivity contribution in [2.75, 3.05) is 26.2 Å². The average molecular weight is 208 g/mol. The maximum Gasteiger partial charge on any atom is 0.153 e. The van der Waals surface area contributed by atoms with Crippen LogP contribution in [0.5, 0.6) is 0 Å². The first-order valence-electron chi connectivity index (χ1n) is 5.20. The third kappa shape index (κ3) is 2.43. The van der Waals surface area contributed by atoms with E-state index in [2.05, 4.69) is 15.3 Å². The topological polar surface area (TPSA) is 50.2 Å². The Morgan fingerprint density at radius 3 is 2.93 bits per heavy atom. The van der Waals surface area contributed by atoms with Gasteiger partial charge in [0.1, 0.15) is 0 Å². The summed E-state index contributed by atoms with van der Waals surface area (Å²) in [7, 11) is 1.84. The first-order valence-corrected chi connectivity index (χ1v) is 5.20. The molecule has 1 saturated heterocycles. The van der Waals surface area contributed by atoms with Crippen LogP contribution in [0, 0.1) is 0 Å². The van der Waals surface area contributed by atoms with Gasteiger partial charge in [0.05, 0.1) is 11.3 Å². The second kappa shape index (κ2) is 4.55. The molecule has 2 heterocycles. The van der Waals surface area contributed by atoms with E-state index in [-0.39, 0.29) is 0 Å². The summed E-state index contributed by atoms with van der Waals surface area (Å²) >= 11 is 0. The summed E-state index contributed by atoms with van der Waals surface area (Å²) in [5.74, 6) is 0. The average Bonchev–Trinajstić information content (AvgIpc) is 2.60. The number of aryl methyl sites for hydroxylation is 1. The van der Waals surface area contributed by atoms with Crippen LogP contribution in [0.2, 0.25) is 0 Å². The molecule has 0 amide bonds. The molecule has 1 fully saturated rings. The lowest BCUT2D eigenvalue weighted by Gasteiger charge is -2.26. The van der Waals surface area contributed by atoms with Crippen molar-refractivity contribution in [3.8, 4) is 0 Å². The number of hydrogen-bond donors (Lipinski definition) is 1. The Labute approximate surface area is 89.1 Å². The molecular formula is C10H16N4O. The van der Waals surface area contributed by atoms with Crippen LogP contribution >= 0.6 is 0 Å². The highest BCUT2D eigenvalue weighted by atomic mass is 16.1. The van der Waals surface area contributed by atoms with Gasteiger partial charge in [0, 0.05) is 46.0 Å². The number of aldehydes is 1. The second-order valence-electron chi connectivity index (χ2n) is 3.85. The fraction of sp³-hybridized carbons (Fsp3) is 0.600. The predicted octanol–water partition coefficient (Wildman–Crippen LogP) is -0.362. The largest absolute Gasteiger partial charge is 0.314 e. The number of carbonyl (C=O) groups is 1. The number of rotatable bonds is 3. The van der Waals surface area contributed by atoms with E-state index in [4.69, 9.17) is 0 Å². The Bertz CT molecular complexity index is 341. The third-order valence-corrected chi connectivity index (χ3v) is 2.65. The van der Waals surface area contributed by atoms with Gasteiger partial charge in [-0.1, -0.05) is 0 Å². The minimum atomic E-state index is 0.705. The van der Waals surface area contributed by atoms with Crippen LogP contribution in [0.25, 0.3) is 0 Å². The van der Waals surface area contributed by atoms with Gasteiger partial charge < -0.3 is 5.32 Å². The van der Waals surface area contributed by atoms with Gasteiger partial charge in [-0.05, 0) is 0 Å². The quantitative estimate of drug-likeness (QED) is 0.689. The van der Waals surface area contributed by atoms with Gasteiger partial charge in [0.15, 0.2) is 6.29 Å². The van der Waals surface area contributed by atoms with Crippen molar-refractivity contribution in [1.82, 2.24) is 20.0 Å². The van der Waals surface area contributed by atoms with Crippen LogP contribution in [-0.2, 0) is 13.6 Å². The van der Waals surface area contributed by atoms with E-state index in [1.54, 1.807) is 10.9 Å². The third-order valence-electron chi connectivity index (χ3n) is 2.65. The molecule has 5 nitrogen and oxygen atoms in total. The van der Waals surface area contributed by atoms with E-state index in [0.29, 0.717) is 5.56 Å². The fourth-order valence-corrected chi connectivity index (χ4v) is 1.86. The van der Waals surface area contributed by atoms with Crippen molar-refractivity contribution in [1.29, 1.82) is 0 Å². The zero-order chi connectivity index (χ0) is 10.7. The Morgan fingerprint density at radius 2 is 2.27 bits per heavy atom. The molecule has 1 aliphatic rings. The smallest absolute Gasteiger partial charge is 0.153 e. The highest BCUT2D eigenvalue weighted by Crippen LogP contribution is 2.07. The van der Waals surface area contributed by atoms with Gasteiger partial charge in [0.2, 0.25) is 0 Å². The molecule has 0 bridgehead atoms. The molecule has 1 N–H and O–H groups in total. The second-order valence-corrected chi connectivity index (χ2v) is 3.85. The Hall–Kier alpha value is -1.20. The zero-order valence-corrected chi connectivity index (χ0v) is 8.94. The minimum absolute atomic E-state index is 0.705. The van der Waals surface area contributed by atoms with Crippen LogP contribution in [0.4, 0.5) is 0 Å². The van der Waals surface area contributed by atoms with Crippen LogP contribution in [0.15, 0.2) is 6.20 Å². The van der Waals surface area contributed by atoms with Gasteiger partial charge in [-0.2, -0.15) is 5.10 Å². The van der Waals surface area contributed by atoms with Crippen molar-refractivity contribution in [3.05, 3.63) is 17.5 Å². The molecule has 0 aliphatic carbocycles. The molecule has 1 aromatic heterocycles. The van der Waals surface area contributed by atoms with Gasteiger partial charge in [-0.3, -0.25) is 14.4 Å². The normalized spacial score (nSPS) is 17.9. The zero-order valence-electron chi connectivity index (χ0n) is 8.94. The van der Waals surface area contributed by atoms with Gasteiger partial charge in [-0.25, -0.2) is 0 Å². The first-order chi connectivity index (χ1) is 7.29. The van der Waals surface area contributed by atoms with Gasteiger partial charge in [0.25, 0.3) is 0 Å². The fourth-order valence-electron chi connectivity index (χ4n) is 1.86.